The van der Waals surface area contributed by atoms with E-state index in [2.05, 4.69) is 39.5 Å². The summed E-state index contributed by atoms with van der Waals surface area (Å²) in [5.74, 6) is 0.399. The van der Waals surface area contributed by atoms with E-state index in [1.165, 1.54) is 18.9 Å². The zero-order valence-corrected chi connectivity index (χ0v) is 14.5. The monoisotopic (exact) mass is 298 g/mol. The van der Waals surface area contributed by atoms with Crippen molar-refractivity contribution in [1.82, 2.24) is 0 Å². The minimum absolute atomic E-state index is 0.133. The van der Waals surface area contributed by atoms with Gasteiger partial charge in [0.05, 0.1) is 6.61 Å². The molecule has 0 amide bonds. The van der Waals surface area contributed by atoms with Crippen molar-refractivity contribution in [3.63, 3.8) is 0 Å². The van der Waals surface area contributed by atoms with E-state index in [4.69, 9.17) is 4.74 Å². The van der Waals surface area contributed by atoms with Gasteiger partial charge >= 0.3 is 5.97 Å². The van der Waals surface area contributed by atoms with Gasteiger partial charge in [0.15, 0.2) is 0 Å². The van der Waals surface area contributed by atoms with E-state index in [0.29, 0.717) is 12.5 Å². The summed E-state index contributed by atoms with van der Waals surface area (Å²) < 4.78 is 5.00. The number of allylic oxidation sites excluding steroid dienone is 3. The van der Waals surface area contributed by atoms with Crippen molar-refractivity contribution in [1.29, 1.82) is 0 Å². The standard InChI is InChI=1S/C17H30O2S/c1-6-19-16(18)13-15(3)10-7-9-14(2)11-8-12-17(4,5)20/h7,10,13-14,20H,6,8-9,11-12H2,1-5H3. The summed E-state index contributed by atoms with van der Waals surface area (Å²) in [4.78, 5) is 11.2. The summed E-state index contributed by atoms with van der Waals surface area (Å²) in [6.45, 7) is 10.7. The van der Waals surface area contributed by atoms with Crippen LogP contribution in [0.3, 0.4) is 0 Å². The second kappa shape index (κ2) is 10.1. The number of carbonyl (C=O) groups is 1. The van der Waals surface area contributed by atoms with Gasteiger partial charge in [0.1, 0.15) is 0 Å². The average molecular weight is 298 g/mol. The molecule has 1 unspecified atom stereocenters. The third-order valence-electron chi connectivity index (χ3n) is 3.04. The van der Waals surface area contributed by atoms with Gasteiger partial charge in [-0.05, 0) is 38.2 Å². The minimum Gasteiger partial charge on any atom is -0.463 e. The summed E-state index contributed by atoms with van der Waals surface area (Å²) in [5, 5.41) is 0. The number of thiol groups is 1. The first-order valence-corrected chi connectivity index (χ1v) is 7.93. The third kappa shape index (κ3) is 12.3. The van der Waals surface area contributed by atoms with Crippen LogP contribution in [-0.4, -0.2) is 17.3 Å². The van der Waals surface area contributed by atoms with E-state index in [9.17, 15) is 4.79 Å². The van der Waals surface area contributed by atoms with Crippen LogP contribution in [0.25, 0.3) is 0 Å². The number of rotatable bonds is 9. The fourth-order valence-electron chi connectivity index (χ4n) is 1.91. The molecule has 3 heteroatoms. The molecule has 0 aliphatic rings. The number of carbonyl (C=O) groups excluding carboxylic acids is 1. The molecule has 20 heavy (non-hydrogen) atoms. The molecular formula is C17H30O2S. The molecule has 0 N–H and O–H groups in total. The first-order valence-electron chi connectivity index (χ1n) is 7.48. The molecule has 0 rings (SSSR count). The van der Waals surface area contributed by atoms with Crippen LogP contribution in [0.2, 0.25) is 0 Å². The van der Waals surface area contributed by atoms with Gasteiger partial charge in [-0.25, -0.2) is 4.79 Å². The lowest BCUT2D eigenvalue weighted by Crippen LogP contribution is -2.10. The zero-order valence-electron chi connectivity index (χ0n) is 13.6. The molecule has 0 aromatic heterocycles. The lowest BCUT2D eigenvalue weighted by Gasteiger charge is -2.18. The van der Waals surface area contributed by atoms with Crippen LogP contribution in [0.15, 0.2) is 23.8 Å². The Morgan fingerprint density at radius 3 is 2.60 bits per heavy atom. The molecule has 116 valence electrons. The van der Waals surface area contributed by atoms with Gasteiger partial charge in [-0.15, -0.1) is 0 Å². The number of ether oxygens (including phenoxy) is 1. The lowest BCUT2D eigenvalue weighted by molar-refractivity contribution is -0.137. The summed E-state index contributed by atoms with van der Waals surface area (Å²) in [7, 11) is 0. The molecule has 0 heterocycles. The Labute approximate surface area is 130 Å². The van der Waals surface area contributed by atoms with Crippen molar-refractivity contribution in [2.24, 2.45) is 5.92 Å². The molecule has 0 fully saturated rings. The minimum atomic E-state index is -0.265. The molecule has 0 aliphatic heterocycles. The largest absolute Gasteiger partial charge is 0.463 e. The van der Waals surface area contributed by atoms with Gasteiger partial charge in [0, 0.05) is 10.8 Å². The van der Waals surface area contributed by atoms with Gasteiger partial charge in [-0.2, -0.15) is 12.6 Å². The van der Waals surface area contributed by atoms with Crippen LogP contribution in [0.1, 0.15) is 60.3 Å². The van der Waals surface area contributed by atoms with E-state index in [-0.39, 0.29) is 10.7 Å². The highest BCUT2D eigenvalue weighted by molar-refractivity contribution is 7.81. The Morgan fingerprint density at radius 1 is 1.40 bits per heavy atom. The predicted molar refractivity (Wildman–Crippen MR) is 90.2 cm³/mol. The maximum absolute atomic E-state index is 11.2. The van der Waals surface area contributed by atoms with Crippen LogP contribution < -0.4 is 0 Å². The van der Waals surface area contributed by atoms with E-state index in [1.807, 2.05) is 19.9 Å². The molecule has 0 radical (unpaired) electrons. The summed E-state index contributed by atoms with van der Waals surface area (Å²) in [6.07, 6.45) is 10.3. The second-order valence-corrected chi connectivity index (χ2v) is 7.30. The van der Waals surface area contributed by atoms with Crippen molar-refractivity contribution in [3.05, 3.63) is 23.8 Å². The van der Waals surface area contributed by atoms with Crippen LogP contribution in [0, 0.1) is 5.92 Å². The second-order valence-electron chi connectivity index (χ2n) is 6.09. The Kier molecular flexibility index (Phi) is 9.74. The molecule has 0 saturated carbocycles. The quantitative estimate of drug-likeness (QED) is 0.282. The molecular weight excluding hydrogens is 268 g/mol. The van der Waals surface area contributed by atoms with E-state index >= 15 is 0 Å². The van der Waals surface area contributed by atoms with Crippen molar-refractivity contribution >= 4 is 18.6 Å². The Hall–Kier alpha value is -0.700. The molecule has 0 spiro atoms. The van der Waals surface area contributed by atoms with Crippen LogP contribution in [0.4, 0.5) is 0 Å². The molecule has 2 nitrogen and oxygen atoms in total. The van der Waals surface area contributed by atoms with Crippen LogP contribution in [-0.2, 0) is 9.53 Å². The average Bonchev–Trinajstić information content (AvgIpc) is 2.27. The highest BCUT2D eigenvalue weighted by Gasteiger charge is 2.11. The van der Waals surface area contributed by atoms with Crippen LogP contribution >= 0.6 is 12.6 Å². The molecule has 0 aliphatic carbocycles. The lowest BCUT2D eigenvalue weighted by atomic mass is 9.96. The van der Waals surface area contributed by atoms with Gasteiger partial charge in [-0.1, -0.05) is 45.8 Å². The maximum Gasteiger partial charge on any atom is 0.330 e. The summed E-state index contributed by atoms with van der Waals surface area (Å²) in [6, 6.07) is 0. The predicted octanol–water partition coefficient (Wildman–Crippen LogP) is 4.96. The van der Waals surface area contributed by atoms with Gasteiger partial charge in [-0.3, -0.25) is 0 Å². The van der Waals surface area contributed by atoms with Crippen molar-refractivity contribution in [3.8, 4) is 0 Å². The maximum atomic E-state index is 11.2. The van der Waals surface area contributed by atoms with E-state index in [0.717, 1.165) is 18.4 Å². The Balaban J connectivity index is 3.96. The Morgan fingerprint density at radius 2 is 2.05 bits per heavy atom. The first-order chi connectivity index (χ1) is 9.24. The molecule has 0 aromatic rings. The first kappa shape index (κ1) is 19.3. The van der Waals surface area contributed by atoms with Gasteiger partial charge in [0.25, 0.3) is 0 Å². The fourth-order valence-corrected chi connectivity index (χ4v) is 2.06. The van der Waals surface area contributed by atoms with Crippen molar-refractivity contribution in [2.45, 2.75) is 65.0 Å². The van der Waals surface area contributed by atoms with Gasteiger partial charge < -0.3 is 4.74 Å². The number of esters is 1. The number of hydrogen-bond acceptors (Lipinski definition) is 3. The molecule has 0 aromatic carbocycles. The summed E-state index contributed by atoms with van der Waals surface area (Å²) >= 11 is 4.54. The Bertz CT molecular complexity index is 337. The highest BCUT2D eigenvalue weighted by atomic mass is 32.1. The smallest absolute Gasteiger partial charge is 0.330 e. The normalized spacial score (nSPS) is 14.6. The summed E-state index contributed by atoms with van der Waals surface area (Å²) in [5.41, 5.74) is 0.937. The number of hydrogen-bond donors (Lipinski definition) is 1. The SMILES string of the molecule is CCOC(=O)C=C(C)C=CCC(C)CCCC(C)(C)S. The van der Waals surface area contributed by atoms with Crippen molar-refractivity contribution < 1.29 is 9.53 Å². The highest BCUT2D eigenvalue weighted by Crippen LogP contribution is 2.22. The van der Waals surface area contributed by atoms with Crippen LogP contribution in [0.5, 0.6) is 0 Å². The molecule has 1 atom stereocenters. The fraction of sp³-hybridized carbons (Fsp3) is 0.706. The zero-order chi connectivity index (χ0) is 15.6. The van der Waals surface area contributed by atoms with E-state index in [1.54, 1.807) is 0 Å². The topological polar surface area (TPSA) is 26.3 Å². The van der Waals surface area contributed by atoms with Gasteiger partial charge in [0.2, 0.25) is 0 Å². The van der Waals surface area contributed by atoms with E-state index < -0.39 is 0 Å². The molecule has 0 bridgehead atoms. The molecule has 0 saturated heterocycles. The third-order valence-corrected chi connectivity index (χ3v) is 3.26. The van der Waals surface area contributed by atoms with Crippen molar-refractivity contribution in [2.75, 3.05) is 6.61 Å².